The molecular weight excluding hydrogens is 248 g/mol. The normalized spacial score (nSPS) is 11.8. The van der Waals surface area contributed by atoms with Crippen LogP contribution in [0.4, 0.5) is 0 Å². The number of nitrogens with one attached hydrogen (secondary N) is 2. The first kappa shape index (κ1) is 14.8. The highest BCUT2D eigenvalue weighted by Crippen LogP contribution is 2.07. The summed E-state index contributed by atoms with van der Waals surface area (Å²) in [5, 5.41) is 11.3. The predicted octanol–water partition coefficient (Wildman–Crippen LogP) is 2.35. The number of benzene rings is 1. The lowest BCUT2D eigenvalue weighted by molar-refractivity contribution is 0.421. The van der Waals surface area contributed by atoms with Crippen molar-refractivity contribution in [3.05, 3.63) is 48.3 Å². The van der Waals surface area contributed by atoms with E-state index in [1.807, 2.05) is 29.1 Å². The van der Waals surface area contributed by atoms with E-state index in [1.54, 1.807) is 0 Å². The van der Waals surface area contributed by atoms with Crippen LogP contribution in [0.5, 0.6) is 0 Å². The summed E-state index contributed by atoms with van der Waals surface area (Å²) < 4.78 is 1.91. The van der Waals surface area contributed by atoms with Gasteiger partial charge in [-0.05, 0) is 32.9 Å². The average Bonchev–Trinajstić information content (AvgIpc) is 2.87. The highest BCUT2D eigenvalue weighted by atomic mass is 15.3. The summed E-state index contributed by atoms with van der Waals surface area (Å²) in [6.07, 6.45) is 3.98. The van der Waals surface area contributed by atoms with Crippen LogP contribution in [0.25, 0.3) is 5.69 Å². The number of aromatic nitrogens is 2. The maximum absolute atomic E-state index is 4.39. The highest BCUT2D eigenvalue weighted by Gasteiger charge is 2.07. The van der Waals surface area contributed by atoms with E-state index in [0.717, 1.165) is 25.3 Å². The number of rotatable bonds is 6. The lowest BCUT2D eigenvalue weighted by Gasteiger charge is -2.20. The molecule has 0 fully saturated rings. The Morgan fingerprint density at radius 1 is 1.10 bits per heavy atom. The fourth-order valence-electron chi connectivity index (χ4n) is 1.93. The van der Waals surface area contributed by atoms with Gasteiger partial charge in [0.2, 0.25) is 0 Å². The average molecular weight is 272 g/mol. The van der Waals surface area contributed by atoms with E-state index in [-0.39, 0.29) is 5.54 Å². The van der Waals surface area contributed by atoms with Crippen molar-refractivity contribution >= 4 is 0 Å². The molecule has 4 nitrogen and oxygen atoms in total. The Morgan fingerprint density at radius 2 is 1.85 bits per heavy atom. The van der Waals surface area contributed by atoms with Crippen LogP contribution >= 0.6 is 0 Å². The molecule has 0 spiro atoms. The summed E-state index contributed by atoms with van der Waals surface area (Å²) >= 11 is 0. The molecule has 0 aliphatic heterocycles. The van der Waals surface area contributed by atoms with Gasteiger partial charge >= 0.3 is 0 Å². The zero-order valence-electron chi connectivity index (χ0n) is 12.6. The topological polar surface area (TPSA) is 41.9 Å². The molecule has 0 aliphatic rings. The molecule has 0 aliphatic carbocycles. The van der Waals surface area contributed by atoms with Crippen LogP contribution in [0.15, 0.2) is 42.7 Å². The molecule has 0 radical (unpaired) electrons. The Bertz CT molecular complexity index is 511. The van der Waals surface area contributed by atoms with Gasteiger partial charge in [-0.25, -0.2) is 4.68 Å². The maximum atomic E-state index is 4.39. The minimum absolute atomic E-state index is 0.180. The quantitative estimate of drug-likeness (QED) is 0.793. The molecule has 0 amide bonds. The van der Waals surface area contributed by atoms with Gasteiger partial charge in [0.05, 0.1) is 11.9 Å². The second kappa shape index (κ2) is 6.68. The molecule has 2 N–H and O–H groups in total. The third-order valence-electron chi connectivity index (χ3n) is 2.94. The highest BCUT2D eigenvalue weighted by molar-refractivity contribution is 5.30. The molecule has 1 aromatic heterocycles. The number of hydrogen-bond acceptors (Lipinski definition) is 3. The van der Waals surface area contributed by atoms with Crippen molar-refractivity contribution < 1.29 is 0 Å². The third-order valence-corrected chi connectivity index (χ3v) is 2.94. The van der Waals surface area contributed by atoms with E-state index >= 15 is 0 Å². The van der Waals surface area contributed by atoms with Gasteiger partial charge in [-0.2, -0.15) is 5.10 Å². The number of hydrogen-bond donors (Lipinski definition) is 2. The molecule has 2 rings (SSSR count). The van der Waals surface area contributed by atoms with Crippen LogP contribution in [0.2, 0.25) is 0 Å². The van der Waals surface area contributed by atoms with E-state index in [4.69, 9.17) is 0 Å². The molecule has 0 unspecified atom stereocenters. The minimum atomic E-state index is 0.180. The van der Waals surface area contributed by atoms with Crippen molar-refractivity contribution in [2.45, 2.75) is 32.9 Å². The Kier molecular flexibility index (Phi) is 4.93. The zero-order chi connectivity index (χ0) is 14.4. The Hall–Kier alpha value is -1.65. The number of para-hydroxylation sites is 1. The molecule has 4 heteroatoms. The summed E-state index contributed by atoms with van der Waals surface area (Å²) in [5.74, 6) is 0. The first-order valence-corrected chi connectivity index (χ1v) is 7.09. The van der Waals surface area contributed by atoms with Gasteiger partial charge in [0.1, 0.15) is 0 Å². The van der Waals surface area contributed by atoms with Crippen molar-refractivity contribution in [3.8, 4) is 5.69 Å². The molecule has 1 heterocycles. The molecule has 20 heavy (non-hydrogen) atoms. The van der Waals surface area contributed by atoms with E-state index in [1.165, 1.54) is 5.56 Å². The predicted molar refractivity (Wildman–Crippen MR) is 83.0 cm³/mol. The summed E-state index contributed by atoms with van der Waals surface area (Å²) in [7, 11) is 0. The molecular formula is C16H24N4. The first-order chi connectivity index (χ1) is 9.54. The lowest BCUT2D eigenvalue weighted by Crippen LogP contribution is -2.40. The minimum Gasteiger partial charge on any atom is -0.311 e. The van der Waals surface area contributed by atoms with E-state index < -0.39 is 0 Å². The molecule has 1 aromatic carbocycles. The zero-order valence-corrected chi connectivity index (χ0v) is 12.6. The van der Waals surface area contributed by atoms with E-state index in [0.29, 0.717) is 0 Å². The summed E-state index contributed by atoms with van der Waals surface area (Å²) in [5.41, 5.74) is 2.47. The van der Waals surface area contributed by atoms with Gasteiger partial charge in [-0.3, -0.25) is 0 Å². The lowest BCUT2D eigenvalue weighted by atomic mass is 10.1. The summed E-state index contributed by atoms with van der Waals surface area (Å²) in [4.78, 5) is 0. The van der Waals surface area contributed by atoms with Crippen molar-refractivity contribution in [2.24, 2.45) is 0 Å². The SMILES string of the molecule is CC(C)(C)NCCNCc1cnn(-c2ccccc2)c1. The Balaban J connectivity index is 1.76. The van der Waals surface area contributed by atoms with Crippen LogP contribution in [0, 0.1) is 0 Å². The summed E-state index contributed by atoms with van der Waals surface area (Å²) in [6, 6.07) is 10.2. The maximum Gasteiger partial charge on any atom is 0.0645 e. The van der Waals surface area contributed by atoms with Crippen LogP contribution in [0.3, 0.4) is 0 Å². The van der Waals surface area contributed by atoms with Crippen molar-refractivity contribution in [1.82, 2.24) is 20.4 Å². The van der Waals surface area contributed by atoms with E-state index in [2.05, 4.69) is 54.8 Å². The molecule has 0 saturated carbocycles. The van der Waals surface area contributed by atoms with Gasteiger partial charge in [0.25, 0.3) is 0 Å². The van der Waals surface area contributed by atoms with Gasteiger partial charge in [-0.1, -0.05) is 18.2 Å². The van der Waals surface area contributed by atoms with Crippen molar-refractivity contribution in [1.29, 1.82) is 0 Å². The van der Waals surface area contributed by atoms with Crippen molar-refractivity contribution in [2.75, 3.05) is 13.1 Å². The van der Waals surface area contributed by atoms with Crippen molar-refractivity contribution in [3.63, 3.8) is 0 Å². The summed E-state index contributed by atoms with van der Waals surface area (Å²) in [6.45, 7) is 9.30. The molecule has 0 saturated heterocycles. The largest absolute Gasteiger partial charge is 0.311 e. The fourth-order valence-corrected chi connectivity index (χ4v) is 1.93. The Morgan fingerprint density at radius 3 is 2.55 bits per heavy atom. The molecule has 2 aromatic rings. The van der Waals surface area contributed by atoms with Gasteiger partial charge in [0.15, 0.2) is 0 Å². The standard InChI is InChI=1S/C16H24N4/c1-16(2,3)18-10-9-17-11-14-12-19-20(13-14)15-7-5-4-6-8-15/h4-8,12-13,17-18H,9-11H2,1-3H3. The molecule has 0 atom stereocenters. The number of nitrogens with zero attached hydrogens (tertiary/aromatic N) is 2. The third kappa shape index (κ3) is 4.79. The van der Waals surface area contributed by atoms with Gasteiger partial charge in [0, 0.05) is 36.9 Å². The second-order valence-corrected chi connectivity index (χ2v) is 5.98. The fraction of sp³-hybridized carbons (Fsp3) is 0.438. The van der Waals surface area contributed by atoms with E-state index in [9.17, 15) is 0 Å². The van der Waals surface area contributed by atoms with Gasteiger partial charge in [-0.15, -0.1) is 0 Å². The van der Waals surface area contributed by atoms with Crippen LogP contribution in [0.1, 0.15) is 26.3 Å². The Labute approximate surface area is 121 Å². The molecule has 108 valence electrons. The van der Waals surface area contributed by atoms with Crippen LogP contribution < -0.4 is 10.6 Å². The first-order valence-electron chi connectivity index (χ1n) is 7.09. The van der Waals surface area contributed by atoms with Crippen LogP contribution in [-0.4, -0.2) is 28.4 Å². The monoisotopic (exact) mass is 272 g/mol. The smallest absolute Gasteiger partial charge is 0.0645 e. The van der Waals surface area contributed by atoms with Crippen LogP contribution in [-0.2, 0) is 6.54 Å². The second-order valence-electron chi connectivity index (χ2n) is 5.98. The van der Waals surface area contributed by atoms with Gasteiger partial charge < -0.3 is 10.6 Å². The molecule has 0 bridgehead atoms.